The summed E-state index contributed by atoms with van der Waals surface area (Å²) in [6, 6.07) is 0. The largest absolute Gasteiger partial charge is 0.573 e. The van der Waals surface area contributed by atoms with Crippen LogP contribution in [0.5, 0.6) is 5.75 Å². The fraction of sp³-hybridized carbons (Fsp3) is 0.400. The summed E-state index contributed by atoms with van der Waals surface area (Å²) in [7, 11) is 0.789. The lowest BCUT2D eigenvalue weighted by Crippen LogP contribution is -2.24. The van der Waals surface area contributed by atoms with Crippen molar-refractivity contribution in [2.75, 3.05) is 7.11 Å². The van der Waals surface area contributed by atoms with Crippen LogP contribution >= 0.6 is 15.9 Å². The van der Waals surface area contributed by atoms with Crippen molar-refractivity contribution in [3.8, 4) is 5.75 Å². The Labute approximate surface area is 122 Å². The molecule has 1 aromatic heterocycles. The molecule has 1 rings (SSSR count). The van der Waals surface area contributed by atoms with Crippen LogP contribution in [-0.4, -0.2) is 24.4 Å². The number of alkyl halides is 7. The Hall–Kier alpha value is -1.52. The molecule has 1 heterocycles. The van der Waals surface area contributed by atoms with Crippen molar-refractivity contribution in [1.29, 1.82) is 0 Å². The van der Waals surface area contributed by atoms with Crippen LogP contribution in [0.15, 0.2) is 6.20 Å². The molecule has 11 heteroatoms. The van der Waals surface area contributed by atoms with Gasteiger partial charge in [-0.1, -0.05) is 15.9 Å². The van der Waals surface area contributed by atoms with Crippen LogP contribution in [0.2, 0.25) is 0 Å². The van der Waals surface area contributed by atoms with E-state index in [2.05, 4.69) is 30.4 Å². The van der Waals surface area contributed by atoms with E-state index >= 15 is 0 Å². The quantitative estimate of drug-likeness (QED) is 0.455. The predicted molar refractivity (Wildman–Crippen MR) is 59.9 cm³/mol. The van der Waals surface area contributed by atoms with Crippen molar-refractivity contribution >= 4 is 21.9 Å². The number of rotatable bonds is 3. The maximum Gasteiger partial charge on any atom is 0.573 e. The number of aromatic nitrogens is 1. The second-order valence-corrected chi connectivity index (χ2v) is 4.05. The van der Waals surface area contributed by atoms with E-state index in [9.17, 15) is 31.1 Å². The number of hydrogen-bond acceptors (Lipinski definition) is 4. The van der Waals surface area contributed by atoms with Crippen molar-refractivity contribution in [3.63, 3.8) is 0 Å². The number of pyridine rings is 1. The molecule has 0 fully saturated rings. The standard InChI is InChI=1S/C10H6BrF6NO3/c1-20-8(19)6-4(2-11)18-3-5(21-10(15,16)17)7(6)9(12,13)14/h3H,2H2,1H3. The van der Waals surface area contributed by atoms with Gasteiger partial charge in [0, 0.05) is 5.33 Å². The highest BCUT2D eigenvalue weighted by Gasteiger charge is 2.44. The van der Waals surface area contributed by atoms with Crippen LogP contribution in [-0.2, 0) is 16.2 Å². The third-order valence-corrected chi connectivity index (χ3v) is 2.68. The number of ether oxygens (including phenoxy) is 2. The molecule has 0 aliphatic rings. The minimum absolute atomic E-state index is 0.249. The molecule has 0 saturated heterocycles. The van der Waals surface area contributed by atoms with Crippen LogP contribution in [0.4, 0.5) is 26.3 Å². The molecule has 0 atom stereocenters. The van der Waals surface area contributed by atoms with Crippen molar-refractivity contribution in [2.45, 2.75) is 17.9 Å². The lowest BCUT2D eigenvalue weighted by molar-refractivity contribution is -0.276. The number of carbonyl (C=O) groups is 1. The van der Waals surface area contributed by atoms with Gasteiger partial charge < -0.3 is 9.47 Å². The SMILES string of the molecule is COC(=O)c1c(CBr)ncc(OC(F)(F)F)c1C(F)(F)F. The molecule has 4 nitrogen and oxygen atoms in total. The molecule has 0 radical (unpaired) electrons. The van der Waals surface area contributed by atoms with Gasteiger partial charge in [0.05, 0.1) is 24.6 Å². The molecule has 0 aliphatic carbocycles. The molecule has 0 saturated carbocycles. The second kappa shape index (κ2) is 6.08. The smallest absolute Gasteiger partial charge is 0.465 e. The highest BCUT2D eigenvalue weighted by Crippen LogP contribution is 2.41. The van der Waals surface area contributed by atoms with Gasteiger partial charge in [-0.2, -0.15) is 13.2 Å². The second-order valence-electron chi connectivity index (χ2n) is 3.49. The molecule has 0 spiro atoms. The van der Waals surface area contributed by atoms with E-state index in [4.69, 9.17) is 0 Å². The first-order valence-electron chi connectivity index (χ1n) is 5.00. The summed E-state index contributed by atoms with van der Waals surface area (Å²) in [6.45, 7) is 0. The first-order chi connectivity index (χ1) is 9.51. The van der Waals surface area contributed by atoms with Gasteiger partial charge in [-0.25, -0.2) is 4.79 Å². The summed E-state index contributed by atoms with van der Waals surface area (Å²) in [5.41, 5.74) is -3.46. The van der Waals surface area contributed by atoms with Crippen LogP contribution in [0.1, 0.15) is 21.6 Å². The normalized spacial score (nSPS) is 12.2. The van der Waals surface area contributed by atoms with E-state index in [0.29, 0.717) is 0 Å². The molecular formula is C10H6BrF6NO3. The van der Waals surface area contributed by atoms with Gasteiger partial charge in [-0.15, -0.1) is 13.2 Å². The minimum Gasteiger partial charge on any atom is -0.465 e. The maximum absolute atomic E-state index is 13.0. The first-order valence-corrected chi connectivity index (χ1v) is 6.12. The molecule has 0 unspecified atom stereocenters. The van der Waals surface area contributed by atoms with Gasteiger partial charge in [-0.05, 0) is 0 Å². The molecule has 0 amide bonds. The van der Waals surface area contributed by atoms with E-state index < -0.39 is 41.1 Å². The minimum atomic E-state index is -5.37. The zero-order valence-corrected chi connectivity index (χ0v) is 11.7. The topological polar surface area (TPSA) is 48.4 Å². The van der Waals surface area contributed by atoms with E-state index in [1.807, 2.05) is 0 Å². The summed E-state index contributed by atoms with van der Waals surface area (Å²) < 4.78 is 82.9. The van der Waals surface area contributed by atoms with Gasteiger partial charge in [-0.3, -0.25) is 4.98 Å². The summed E-state index contributed by atoms with van der Waals surface area (Å²) in [4.78, 5) is 14.8. The average Bonchev–Trinajstić information content (AvgIpc) is 2.33. The molecular weight excluding hydrogens is 376 g/mol. The molecule has 21 heavy (non-hydrogen) atoms. The van der Waals surface area contributed by atoms with Gasteiger partial charge in [0.2, 0.25) is 0 Å². The van der Waals surface area contributed by atoms with Crippen molar-refractivity contribution in [3.05, 3.63) is 23.0 Å². The van der Waals surface area contributed by atoms with Gasteiger partial charge in [0.15, 0.2) is 5.75 Å². The van der Waals surface area contributed by atoms with E-state index in [1.54, 1.807) is 0 Å². The first kappa shape index (κ1) is 17.5. The van der Waals surface area contributed by atoms with Gasteiger partial charge >= 0.3 is 18.5 Å². The van der Waals surface area contributed by atoms with Crippen molar-refractivity contribution < 1.29 is 40.6 Å². The number of nitrogens with zero attached hydrogens (tertiary/aromatic N) is 1. The Balaban J connectivity index is 3.65. The number of methoxy groups -OCH3 is 1. The van der Waals surface area contributed by atoms with Gasteiger partial charge in [0.25, 0.3) is 0 Å². The Morgan fingerprint density at radius 1 is 1.29 bits per heavy atom. The lowest BCUT2D eigenvalue weighted by Gasteiger charge is -2.18. The number of hydrogen-bond donors (Lipinski definition) is 0. The zero-order chi connectivity index (χ0) is 16.4. The molecule has 0 bridgehead atoms. The highest BCUT2D eigenvalue weighted by atomic mass is 79.9. The third-order valence-electron chi connectivity index (χ3n) is 2.15. The van der Waals surface area contributed by atoms with Crippen LogP contribution < -0.4 is 4.74 Å². The van der Waals surface area contributed by atoms with Gasteiger partial charge in [0.1, 0.15) is 5.56 Å². The summed E-state index contributed by atoms with van der Waals surface area (Å²) in [5, 5.41) is -0.299. The predicted octanol–water partition coefficient (Wildman–Crippen LogP) is 3.68. The Bertz CT molecular complexity index is 543. The highest BCUT2D eigenvalue weighted by molar-refractivity contribution is 9.08. The fourth-order valence-electron chi connectivity index (χ4n) is 1.44. The Morgan fingerprint density at radius 2 is 1.86 bits per heavy atom. The monoisotopic (exact) mass is 381 g/mol. The molecule has 0 aromatic carbocycles. The van der Waals surface area contributed by atoms with Crippen LogP contribution in [0, 0.1) is 0 Å². The van der Waals surface area contributed by atoms with Crippen LogP contribution in [0.3, 0.4) is 0 Å². The summed E-state index contributed by atoms with van der Waals surface area (Å²) >= 11 is 2.79. The Kier molecular flexibility index (Phi) is 5.07. The molecule has 118 valence electrons. The Morgan fingerprint density at radius 3 is 2.24 bits per heavy atom. The van der Waals surface area contributed by atoms with Crippen molar-refractivity contribution in [1.82, 2.24) is 4.98 Å². The summed E-state index contributed by atoms with van der Waals surface area (Å²) in [6.07, 6.45) is -10.4. The number of esters is 1. The van der Waals surface area contributed by atoms with E-state index in [-0.39, 0.29) is 11.5 Å². The van der Waals surface area contributed by atoms with Crippen LogP contribution in [0.25, 0.3) is 0 Å². The number of halogens is 7. The van der Waals surface area contributed by atoms with E-state index in [0.717, 1.165) is 7.11 Å². The lowest BCUT2D eigenvalue weighted by atomic mass is 10.1. The maximum atomic E-state index is 13.0. The summed E-state index contributed by atoms with van der Waals surface area (Å²) in [5.74, 6) is -3.10. The molecule has 1 aromatic rings. The molecule has 0 N–H and O–H groups in total. The molecule has 0 aliphatic heterocycles. The fourth-order valence-corrected chi connectivity index (χ4v) is 1.87. The van der Waals surface area contributed by atoms with E-state index in [1.165, 1.54) is 0 Å². The number of carbonyl (C=O) groups excluding carboxylic acids is 1. The average molecular weight is 382 g/mol. The van der Waals surface area contributed by atoms with Crippen molar-refractivity contribution in [2.24, 2.45) is 0 Å². The zero-order valence-electron chi connectivity index (χ0n) is 10.1. The third kappa shape index (κ3) is 4.22.